The van der Waals surface area contributed by atoms with Gasteiger partial charge in [0.25, 0.3) is 0 Å². The number of esters is 1. The van der Waals surface area contributed by atoms with Gasteiger partial charge in [-0.25, -0.2) is 4.79 Å². The van der Waals surface area contributed by atoms with Gasteiger partial charge in [-0.2, -0.15) is 0 Å². The molecule has 0 aromatic heterocycles. The van der Waals surface area contributed by atoms with Crippen molar-refractivity contribution in [3.8, 4) is 0 Å². The van der Waals surface area contributed by atoms with E-state index in [1.807, 2.05) is 12.1 Å². The average Bonchev–Trinajstić information content (AvgIpc) is 2.34. The molecular formula is C13H16ClNO3. The highest BCUT2D eigenvalue weighted by Gasteiger charge is 2.09. The lowest BCUT2D eigenvalue weighted by Gasteiger charge is -2.13. The Morgan fingerprint density at radius 3 is 2.83 bits per heavy atom. The number of carbonyl (C=O) groups is 1. The largest absolute Gasteiger partial charge is 0.460 e. The number of benzene rings is 1. The van der Waals surface area contributed by atoms with Crippen LogP contribution in [0, 0.1) is 0 Å². The van der Waals surface area contributed by atoms with E-state index in [9.17, 15) is 9.90 Å². The van der Waals surface area contributed by atoms with Crippen LogP contribution < -0.4 is 5.32 Å². The molecule has 1 rings (SSSR count). The lowest BCUT2D eigenvalue weighted by atomic mass is 10.3. The van der Waals surface area contributed by atoms with Crippen molar-refractivity contribution < 1.29 is 14.6 Å². The molecular weight excluding hydrogens is 254 g/mol. The first kappa shape index (κ1) is 14.5. The zero-order valence-electron chi connectivity index (χ0n) is 10.1. The normalized spacial score (nSPS) is 11.7. The van der Waals surface area contributed by atoms with Gasteiger partial charge >= 0.3 is 5.97 Å². The highest BCUT2D eigenvalue weighted by atomic mass is 35.5. The maximum Gasteiger partial charge on any atom is 0.333 e. The maximum atomic E-state index is 11.1. The zero-order valence-corrected chi connectivity index (χ0v) is 10.9. The Morgan fingerprint density at radius 1 is 1.56 bits per heavy atom. The summed E-state index contributed by atoms with van der Waals surface area (Å²) in [5.41, 5.74) is 1.03. The summed E-state index contributed by atoms with van der Waals surface area (Å²) in [5.74, 6) is -0.508. The number of para-hydroxylation sites is 1. The topological polar surface area (TPSA) is 58.6 Å². The molecule has 1 aromatic carbocycles. The van der Waals surface area contributed by atoms with Crippen LogP contribution in [0.25, 0.3) is 0 Å². The van der Waals surface area contributed by atoms with E-state index in [2.05, 4.69) is 11.9 Å². The van der Waals surface area contributed by atoms with Gasteiger partial charge in [0.2, 0.25) is 0 Å². The highest BCUT2D eigenvalue weighted by Crippen LogP contribution is 2.20. The maximum absolute atomic E-state index is 11.1. The number of hydrogen-bond acceptors (Lipinski definition) is 4. The van der Waals surface area contributed by atoms with Gasteiger partial charge in [-0.05, 0) is 19.1 Å². The van der Waals surface area contributed by atoms with Crippen molar-refractivity contribution in [1.29, 1.82) is 0 Å². The Labute approximate surface area is 111 Å². The first-order valence-electron chi connectivity index (χ1n) is 5.50. The molecule has 0 saturated heterocycles. The Hall–Kier alpha value is -1.52. The van der Waals surface area contributed by atoms with E-state index < -0.39 is 12.1 Å². The minimum absolute atomic E-state index is 0.0802. The van der Waals surface area contributed by atoms with Crippen LogP contribution in [0.3, 0.4) is 0 Å². The Morgan fingerprint density at radius 2 is 2.22 bits per heavy atom. The van der Waals surface area contributed by atoms with E-state index in [4.69, 9.17) is 16.3 Å². The van der Waals surface area contributed by atoms with Crippen LogP contribution in [0.4, 0.5) is 5.69 Å². The first-order chi connectivity index (χ1) is 8.50. The van der Waals surface area contributed by atoms with Gasteiger partial charge in [-0.3, -0.25) is 0 Å². The molecule has 0 aliphatic heterocycles. The van der Waals surface area contributed by atoms with Crippen LogP contribution in [0.2, 0.25) is 5.02 Å². The van der Waals surface area contributed by atoms with Crippen molar-refractivity contribution in [2.45, 2.75) is 13.0 Å². The molecule has 0 spiro atoms. The molecule has 1 aromatic rings. The lowest BCUT2D eigenvalue weighted by molar-refractivity contribution is -0.141. The molecule has 98 valence electrons. The van der Waals surface area contributed by atoms with Crippen molar-refractivity contribution >= 4 is 23.3 Å². The molecule has 0 bridgehead atoms. The van der Waals surface area contributed by atoms with Crippen LogP contribution in [0.1, 0.15) is 6.92 Å². The van der Waals surface area contributed by atoms with Crippen molar-refractivity contribution in [3.63, 3.8) is 0 Å². The predicted octanol–water partition coefficient (Wildman–Crippen LogP) is 2.23. The second-order valence-corrected chi connectivity index (χ2v) is 4.30. The van der Waals surface area contributed by atoms with Crippen LogP contribution in [-0.2, 0) is 9.53 Å². The monoisotopic (exact) mass is 269 g/mol. The predicted molar refractivity (Wildman–Crippen MR) is 71.7 cm³/mol. The fraction of sp³-hybridized carbons (Fsp3) is 0.308. The van der Waals surface area contributed by atoms with E-state index in [1.165, 1.54) is 0 Å². The quantitative estimate of drug-likeness (QED) is 0.614. The molecule has 0 fully saturated rings. The fourth-order valence-corrected chi connectivity index (χ4v) is 1.39. The third-order valence-electron chi connectivity index (χ3n) is 2.16. The molecule has 0 aliphatic carbocycles. The summed E-state index contributed by atoms with van der Waals surface area (Å²) in [4.78, 5) is 11.1. The van der Waals surface area contributed by atoms with E-state index >= 15 is 0 Å². The van der Waals surface area contributed by atoms with E-state index in [-0.39, 0.29) is 13.2 Å². The third kappa shape index (κ3) is 4.77. The molecule has 1 unspecified atom stereocenters. The van der Waals surface area contributed by atoms with E-state index in [0.29, 0.717) is 10.6 Å². The molecule has 0 heterocycles. The smallest absolute Gasteiger partial charge is 0.333 e. The number of nitrogens with one attached hydrogen (secondary N) is 1. The Balaban J connectivity index is 2.33. The second-order valence-electron chi connectivity index (χ2n) is 3.89. The van der Waals surface area contributed by atoms with Gasteiger partial charge < -0.3 is 15.2 Å². The number of hydrogen-bond donors (Lipinski definition) is 2. The summed E-state index contributed by atoms with van der Waals surface area (Å²) in [6, 6.07) is 7.20. The van der Waals surface area contributed by atoms with Crippen molar-refractivity contribution in [2.24, 2.45) is 0 Å². The molecule has 18 heavy (non-hydrogen) atoms. The molecule has 1 atom stereocenters. The van der Waals surface area contributed by atoms with Crippen molar-refractivity contribution in [2.75, 3.05) is 18.5 Å². The number of ether oxygens (including phenoxy) is 1. The zero-order chi connectivity index (χ0) is 13.5. The Kier molecular flexibility index (Phi) is 5.68. The standard InChI is InChI=1S/C13H16ClNO3/c1-9(2)13(17)18-8-10(16)7-15-12-6-4-3-5-11(12)14/h3-6,10,15-16H,1,7-8H2,2H3. The summed E-state index contributed by atoms with van der Waals surface area (Å²) >= 11 is 5.94. The third-order valence-corrected chi connectivity index (χ3v) is 2.49. The average molecular weight is 270 g/mol. The molecule has 5 heteroatoms. The molecule has 4 nitrogen and oxygen atoms in total. The number of anilines is 1. The van der Waals surface area contributed by atoms with Crippen LogP contribution in [0.5, 0.6) is 0 Å². The fourth-order valence-electron chi connectivity index (χ4n) is 1.19. The highest BCUT2D eigenvalue weighted by molar-refractivity contribution is 6.33. The lowest BCUT2D eigenvalue weighted by Crippen LogP contribution is -2.26. The van der Waals surface area contributed by atoms with Gasteiger partial charge in [-0.15, -0.1) is 0 Å². The number of carbonyl (C=O) groups excluding carboxylic acids is 1. The number of halogens is 1. The second kappa shape index (κ2) is 7.03. The summed E-state index contributed by atoms with van der Waals surface area (Å²) in [6.07, 6.45) is -0.801. The molecule has 0 radical (unpaired) electrons. The van der Waals surface area contributed by atoms with Crippen LogP contribution >= 0.6 is 11.6 Å². The number of rotatable bonds is 6. The van der Waals surface area contributed by atoms with Gasteiger partial charge in [0, 0.05) is 12.1 Å². The summed E-state index contributed by atoms with van der Waals surface area (Å²) < 4.78 is 4.82. The minimum atomic E-state index is -0.801. The molecule has 2 N–H and O–H groups in total. The van der Waals surface area contributed by atoms with Gasteiger partial charge in [0.15, 0.2) is 0 Å². The SMILES string of the molecule is C=C(C)C(=O)OCC(O)CNc1ccccc1Cl. The van der Waals surface area contributed by atoms with E-state index in [0.717, 1.165) is 5.69 Å². The number of aliphatic hydroxyl groups is 1. The van der Waals surface area contributed by atoms with Crippen LogP contribution in [0.15, 0.2) is 36.4 Å². The molecule has 0 saturated carbocycles. The first-order valence-corrected chi connectivity index (χ1v) is 5.87. The van der Waals surface area contributed by atoms with Gasteiger partial charge in [0.1, 0.15) is 12.7 Å². The van der Waals surface area contributed by atoms with Gasteiger partial charge in [-0.1, -0.05) is 30.3 Å². The van der Waals surface area contributed by atoms with Gasteiger partial charge in [0.05, 0.1) is 10.7 Å². The minimum Gasteiger partial charge on any atom is -0.460 e. The molecule has 0 amide bonds. The summed E-state index contributed by atoms with van der Waals surface area (Å²) in [6.45, 7) is 5.16. The molecule has 0 aliphatic rings. The summed E-state index contributed by atoms with van der Waals surface area (Å²) in [5, 5.41) is 13.2. The van der Waals surface area contributed by atoms with Crippen molar-refractivity contribution in [3.05, 3.63) is 41.4 Å². The number of aliphatic hydroxyl groups excluding tert-OH is 1. The van der Waals surface area contributed by atoms with Crippen LogP contribution in [-0.4, -0.2) is 30.3 Å². The Bertz CT molecular complexity index is 434. The van der Waals surface area contributed by atoms with E-state index in [1.54, 1.807) is 19.1 Å². The summed E-state index contributed by atoms with van der Waals surface area (Å²) in [7, 11) is 0. The van der Waals surface area contributed by atoms with Crippen molar-refractivity contribution in [1.82, 2.24) is 0 Å².